The highest BCUT2D eigenvalue weighted by molar-refractivity contribution is 9.10. The van der Waals surface area contributed by atoms with Crippen LogP contribution in [0.25, 0.3) is 0 Å². The standard InChI is InChI=1S/C17H26BrN3O2/c1-17(2,3)23-16(22)20(4)14-6-5-9-21(12-14)11-13-7-8-15(18)19-10-13/h7-8,10,14H,5-6,9,11-12H2,1-4H3/t14-/m1/s1. The number of carbonyl (C=O) groups excluding carboxylic acids is 1. The van der Waals surface area contributed by atoms with Crippen molar-refractivity contribution in [2.24, 2.45) is 0 Å². The van der Waals surface area contributed by atoms with Gasteiger partial charge in [-0.25, -0.2) is 9.78 Å². The third kappa shape index (κ3) is 5.77. The van der Waals surface area contributed by atoms with Gasteiger partial charge < -0.3 is 9.64 Å². The molecule has 0 saturated carbocycles. The van der Waals surface area contributed by atoms with Crippen LogP contribution in [0, 0.1) is 0 Å². The van der Waals surface area contributed by atoms with Gasteiger partial charge in [-0.05, 0) is 67.7 Å². The van der Waals surface area contributed by atoms with Crippen molar-refractivity contribution in [3.63, 3.8) is 0 Å². The van der Waals surface area contributed by atoms with Crippen LogP contribution in [-0.2, 0) is 11.3 Å². The molecule has 5 nitrogen and oxygen atoms in total. The fraction of sp³-hybridized carbons (Fsp3) is 0.647. The predicted molar refractivity (Wildman–Crippen MR) is 94.2 cm³/mol. The summed E-state index contributed by atoms with van der Waals surface area (Å²) < 4.78 is 6.32. The maximum Gasteiger partial charge on any atom is 0.410 e. The first-order chi connectivity index (χ1) is 10.7. The molecule has 1 aromatic heterocycles. The van der Waals surface area contributed by atoms with E-state index in [0.29, 0.717) is 0 Å². The van der Waals surface area contributed by atoms with Crippen LogP contribution in [0.2, 0.25) is 0 Å². The lowest BCUT2D eigenvalue weighted by Gasteiger charge is -2.38. The zero-order valence-electron chi connectivity index (χ0n) is 14.4. The van der Waals surface area contributed by atoms with Crippen molar-refractivity contribution in [2.45, 2.75) is 51.8 Å². The van der Waals surface area contributed by atoms with Crippen molar-refractivity contribution in [1.29, 1.82) is 0 Å². The molecule has 1 aliphatic heterocycles. The molecular formula is C17H26BrN3O2. The second-order valence-electron chi connectivity index (χ2n) is 7.11. The number of hydrogen-bond donors (Lipinski definition) is 0. The van der Waals surface area contributed by atoms with Crippen LogP contribution in [0.1, 0.15) is 39.2 Å². The normalized spacial score (nSPS) is 19.4. The van der Waals surface area contributed by atoms with E-state index >= 15 is 0 Å². The number of amides is 1. The SMILES string of the molecule is CN(C(=O)OC(C)(C)C)[C@@H]1CCCN(Cc2ccc(Br)nc2)C1. The van der Waals surface area contributed by atoms with Crippen molar-refractivity contribution in [1.82, 2.24) is 14.8 Å². The number of halogens is 1. The zero-order valence-corrected chi connectivity index (χ0v) is 16.0. The van der Waals surface area contributed by atoms with Crippen LogP contribution in [-0.4, -0.2) is 52.7 Å². The lowest BCUT2D eigenvalue weighted by Crippen LogP contribution is -2.49. The number of carbonyl (C=O) groups is 1. The van der Waals surface area contributed by atoms with E-state index in [-0.39, 0.29) is 12.1 Å². The topological polar surface area (TPSA) is 45.7 Å². The molecule has 1 amide bonds. The van der Waals surface area contributed by atoms with Crippen LogP contribution in [0.3, 0.4) is 0 Å². The Morgan fingerprint density at radius 1 is 1.48 bits per heavy atom. The molecule has 1 saturated heterocycles. The second-order valence-corrected chi connectivity index (χ2v) is 7.92. The van der Waals surface area contributed by atoms with Gasteiger partial charge in [0.25, 0.3) is 0 Å². The van der Waals surface area contributed by atoms with Crippen LogP contribution in [0.5, 0.6) is 0 Å². The number of likely N-dealkylation sites (tertiary alicyclic amines) is 1. The van der Waals surface area contributed by atoms with Crippen LogP contribution in [0.4, 0.5) is 4.79 Å². The molecule has 0 N–H and O–H groups in total. The number of piperidine rings is 1. The largest absolute Gasteiger partial charge is 0.444 e. The van der Waals surface area contributed by atoms with Crippen LogP contribution < -0.4 is 0 Å². The minimum Gasteiger partial charge on any atom is -0.444 e. The smallest absolute Gasteiger partial charge is 0.410 e. The van der Waals surface area contributed by atoms with E-state index < -0.39 is 5.60 Å². The highest BCUT2D eigenvalue weighted by atomic mass is 79.9. The molecule has 0 radical (unpaired) electrons. The molecule has 0 aromatic carbocycles. The molecule has 23 heavy (non-hydrogen) atoms. The van der Waals surface area contributed by atoms with E-state index in [0.717, 1.165) is 37.1 Å². The van der Waals surface area contributed by atoms with E-state index in [1.807, 2.05) is 40.1 Å². The first-order valence-corrected chi connectivity index (χ1v) is 8.82. The van der Waals surface area contributed by atoms with Gasteiger partial charge in [-0.1, -0.05) is 6.07 Å². The molecule has 2 rings (SSSR count). The number of pyridine rings is 1. The average molecular weight is 384 g/mol. The van der Waals surface area contributed by atoms with E-state index in [1.165, 1.54) is 5.56 Å². The van der Waals surface area contributed by atoms with Gasteiger partial charge in [0.1, 0.15) is 10.2 Å². The molecule has 0 bridgehead atoms. The van der Waals surface area contributed by atoms with E-state index in [2.05, 4.69) is 31.9 Å². The van der Waals surface area contributed by atoms with Gasteiger partial charge in [0.15, 0.2) is 0 Å². The minimum absolute atomic E-state index is 0.196. The van der Waals surface area contributed by atoms with Gasteiger partial charge in [0, 0.05) is 32.4 Å². The minimum atomic E-state index is -0.456. The summed E-state index contributed by atoms with van der Waals surface area (Å²) in [5.41, 5.74) is 0.733. The third-order valence-corrected chi connectivity index (χ3v) is 4.37. The molecular weight excluding hydrogens is 358 g/mol. The first-order valence-electron chi connectivity index (χ1n) is 8.03. The van der Waals surface area contributed by atoms with Crippen molar-refractivity contribution in [3.8, 4) is 0 Å². The number of likely N-dealkylation sites (N-methyl/N-ethyl adjacent to an activating group) is 1. The Morgan fingerprint density at radius 2 is 2.22 bits per heavy atom. The Morgan fingerprint density at radius 3 is 2.83 bits per heavy atom. The molecule has 1 fully saturated rings. The van der Waals surface area contributed by atoms with Crippen molar-refractivity contribution in [3.05, 3.63) is 28.5 Å². The Bertz CT molecular complexity index is 528. The number of ether oxygens (including phenoxy) is 1. The Balaban J connectivity index is 1.92. The second kappa shape index (κ2) is 7.62. The summed E-state index contributed by atoms with van der Waals surface area (Å²) in [6.45, 7) is 8.46. The molecule has 2 heterocycles. The van der Waals surface area contributed by atoms with E-state index in [1.54, 1.807) is 4.90 Å². The van der Waals surface area contributed by atoms with Gasteiger partial charge in [-0.3, -0.25) is 4.90 Å². The molecule has 0 unspecified atom stereocenters. The molecule has 1 aromatic rings. The van der Waals surface area contributed by atoms with Gasteiger partial charge in [-0.2, -0.15) is 0 Å². The Kier molecular flexibility index (Phi) is 6.03. The fourth-order valence-corrected chi connectivity index (χ4v) is 2.97. The number of aromatic nitrogens is 1. The summed E-state index contributed by atoms with van der Waals surface area (Å²) >= 11 is 3.36. The summed E-state index contributed by atoms with van der Waals surface area (Å²) in [7, 11) is 1.84. The maximum absolute atomic E-state index is 12.2. The van der Waals surface area contributed by atoms with Crippen LogP contribution in [0.15, 0.2) is 22.9 Å². The fourth-order valence-electron chi connectivity index (χ4n) is 2.73. The highest BCUT2D eigenvalue weighted by Gasteiger charge is 2.29. The summed E-state index contributed by atoms with van der Waals surface area (Å²) in [4.78, 5) is 20.6. The molecule has 6 heteroatoms. The van der Waals surface area contributed by atoms with E-state index in [9.17, 15) is 4.79 Å². The quantitative estimate of drug-likeness (QED) is 0.746. The Hall–Kier alpha value is -1.14. The number of nitrogens with zero attached hydrogens (tertiary/aromatic N) is 3. The summed E-state index contributed by atoms with van der Waals surface area (Å²) in [5.74, 6) is 0. The van der Waals surface area contributed by atoms with Crippen molar-refractivity contribution < 1.29 is 9.53 Å². The monoisotopic (exact) mass is 383 g/mol. The van der Waals surface area contributed by atoms with Crippen molar-refractivity contribution in [2.75, 3.05) is 20.1 Å². The van der Waals surface area contributed by atoms with Gasteiger partial charge in [0.05, 0.1) is 0 Å². The summed E-state index contributed by atoms with van der Waals surface area (Å²) in [5, 5.41) is 0. The maximum atomic E-state index is 12.2. The Labute approximate surface area is 147 Å². The van der Waals surface area contributed by atoms with Gasteiger partial charge in [-0.15, -0.1) is 0 Å². The van der Waals surface area contributed by atoms with Crippen molar-refractivity contribution >= 4 is 22.0 Å². The summed E-state index contributed by atoms with van der Waals surface area (Å²) in [6, 6.07) is 4.24. The highest BCUT2D eigenvalue weighted by Crippen LogP contribution is 2.19. The predicted octanol–water partition coefficient (Wildman–Crippen LogP) is 3.68. The molecule has 0 aliphatic carbocycles. The lowest BCUT2D eigenvalue weighted by atomic mass is 10.0. The molecule has 1 aliphatic rings. The first kappa shape index (κ1) is 18.2. The summed E-state index contributed by atoms with van der Waals surface area (Å²) in [6.07, 6.45) is 3.76. The lowest BCUT2D eigenvalue weighted by molar-refractivity contribution is 0.0130. The number of hydrogen-bond acceptors (Lipinski definition) is 4. The van der Waals surface area contributed by atoms with Gasteiger partial charge >= 0.3 is 6.09 Å². The van der Waals surface area contributed by atoms with E-state index in [4.69, 9.17) is 4.74 Å². The van der Waals surface area contributed by atoms with Crippen LogP contribution >= 0.6 is 15.9 Å². The molecule has 0 spiro atoms. The molecule has 1 atom stereocenters. The van der Waals surface area contributed by atoms with Gasteiger partial charge in [0.2, 0.25) is 0 Å². The number of rotatable bonds is 3. The third-order valence-electron chi connectivity index (χ3n) is 3.90. The molecule has 128 valence electrons. The zero-order chi connectivity index (χ0) is 17.0. The average Bonchev–Trinajstić information content (AvgIpc) is 2.47.